The lowest BCUT2D eigenvalue weighted by molar-refractivity contribution is 0.364. The highest BCUT2D eigenvalue weighted by atomic mass is 19.1. The predicted molar refractivity (Wildman–Crippen MR) is 80.3 cm³/mol. The number of alkyl halides is 1. The van der Waals surface area contributed by atoms with Gasteiger partial charge in [-0.25, -0.2) is 14.4 Å². The van der Waals surface area contributed by atoms with Crippen LogP contribution in [0.1, 0.15) is 17.7 Å². The Kier molecular flexibility index (Phi) is 3.49. The molecule has 1 aromatic carbocycles. The van der Waals surface area contributed by atoms with Crippen molar-refractivity contribution >= 4 is 5.82 Å². The Bertz CT molecular complexity index is 675. The Morgan fingerprint density at radius 2 is 2.10 bits per heavy atom. The lowest BCUT2D eigenvalue weighted by atomic mass is 9.99. The van der Waals surface area contributed by atoms with Crippen molar-refractivity contribution in [1.29, 1.82) is 0 Å². The maximum atomic E-state index is 13.5. The number of hydrogen-bond acceptors (Lipinski definition) is 4. The van der Waals surface area contributed by atoms with Crippen molar-refractivity contribution in [3.8, 4) is 16.9 Å². The highest BCUT2D eigenvalue weighted by molar-refractivity contribution is 5.80. The largest absolute Gasteiger partial charge is 0.508 e. The maximum absolute atomic E-state index is 13.5. The van der Waals surface area contributed by atoms with Gasteiger partial charge in [0, 0.05) is 12.1 Å². The molecule has 1 aliphatic heterocycles. The van der Waals surface area contributed by atoms with Crippen molar-refractivity contribution in [2.45, 2.75) is 26.4 Å². The summed E-state index contributed by atoms with van der Waals surface area (Å²) in [6.45, 7) is 4.91. The van der Waals surface area contributed by atoms with Gasteiger partial charge in [0.2, 0.25) is 0 Å². The molecule has 110 valence electrons. The molecule has 1 aliphatic rings. The Hall–Kier alpha value is -2.17. The van der Waals surface area contributed by atoms with E-state index in [0.29, 0.717) is 19.5 Å². The van der Waals surface area contributed by atoms with Crippen molar-refractivity contribution < 1.29 is 9.50 Å². The van der Waals surface area contributed by atoms with Crippen LogP contribution in [0.3, 0.4) is 0 Å². The Labute approximate surface area is 123 Å². The van der Waals surface area contributed by atoms with E-state index in [1.807, 2.05) is 24.8 Å². The molecule has 4 nitrogen and oxygen atoms in total. The number of hydrogen-bond donors (Lipinski definition) is 1. The van der Waals surface area contributed by atoms with Gasteiger partial charge >= 0.3 is 0 Å². The van der Waals surface area contributed by atoms with Gasteiger partial charge in [0.25, 0.3) is 0 Å². The molecule has 1 N–H and O–H groups in total. The van der Waals surface area contributed by atoms with Crippen LogP contribution in [0.2, 0.25) is 0 Å². The first-order chi connectivity index (χ1) is 10.1. The van der Waals surface area contributed by atoms with Crippen LogP contribution in [0.4, 0.5) is 10.2 Å². The van der Waals surface area contributed by atoms with E-state index in [1.54, 1.807) is 12.1 Å². The quantitative estimate of drug-likeness (QED) is 0.922. The molecule has 1 aromatic heterocycles. The van der Waals surface area contributed by atoms with Gasteiger partial charge in [0.15, 0.2) is 0 Å². The first kappa shape index (κ1) is 13.8. The number of halogens is 1. The first-order valence-electron chi connectivity index (χ1n) is 7.07. The van der Waals surface area contributed by atoms with Crippen molar-refractivity contribution in [3.05, 3.63) is 35.8 Å². The highest BCUT2D eigenvalue weighted by Crippen LogP contribution is 2.36. The molecule has 1 saturated heterocycles. The zero-order valence-electron chi connectivity index (χ0n) is 12.2. The number of aromatic nitrogens is 2. The van der Waals surface area contributed by atoms with Crippen LogP contribution in [-0.4, -0.2) is 34.3 Å². The molecule has 0 spiro atoms. The minimum absolute atomic E-state index is 0.234. The number of anilines is 1. The third-order valence-corrected chi connectivity index (χ3v) is 3.93. The number of phenolic OH excluding ortho intramolecular Hbond substituents is 1. The van der Waals surface area contributed by atoms with Gasteiger partial charge in [-0.15, -0.1) is 0 Å². The molecular weight excluding hydrogens is 269 g/mol. The third-order valence-electron chi connectivity index (χ3n) is 3.93. The molecule has 1 unspecified atom stereocenters. The van der Waals surface area contributed by atoms with E-state index in [-0.39, 0.29) is 5.75 Å². The van der Waals surface area contributed by atoms with Crippen LogP contribution in [-0.2, 0) is 0 Å². The average molecular weight is 287 g/mol. The molecule has 0 aliphatic carbocycles. The van der Waals surface area contributed by atoms with E-state index in [9.17, 15) is 9.50 Å². The zero-order valence-corrected chi connectivity index (χ0v) is 12.2. The highest BCUT2D eigenvalue weighted by Gasteiger charge is 2.26. The zero-order chi connectivity index (χ0) is 15.0. The predicted octanol–water partition coefficient (Wildman–Crippen LogP) is 3.01. The Morgan fingerprint density at radius 1 is 1.29 bits per heavy atom. The first-order valence-corrected chi connectivity index (χ1v) is 7.07. The SMILES string of the molecule is Cc1cc(O)ccc1-c1c(C)ncnc1N1CCC(F)C1. The van der Waals surface area contributed by atoms with Crippen molar-refractivity contribution in [2.75, 3.05) is 18.0 Å². The molecule has 0 radical (unpaired) electrons. The van der Waals surface area contributed by atoms with Crippen molar-refractivity contribution in [2.24, 2.45) is 0 Å². The fourth-order valence-corrected chi connectivity index (χ4v) is 2.85. The van der Waals surface area contributed by atoms with Gasteiger partial charge in [-0.1, -0.05) is 6.07 Å². The van der Waals surface area contributed by atoms with E-state index in [1.165, 1.54) is 6.33 Å². The van der Waals surface area contributed by atoms with E-state index in [2.05, 4.69) is 9.97 Å². The van der Waals surface area contributed by atoms with Crippen molar-refractivity contribution in [1.82, 2.24) is 9.97 Å². The van der Waals surface area contributed by atoms with Crippen LogP contribution in [0.25, 0.3) is 11.1 Å². The Balaban J connectivity index is 2.13. The molecule has 3 rings (SSSR count). The van der Waals surface area contributed by atoms with Crippen LogP contribution in [0.15, 0.2) is 24.5 Å². The molecule has 0 amide bonds. The summed E-state index contributed by atoms with van der Waals surface area (Å²) in [7, 11) is 0. The minimum atomic E-state index is -0.797. The van der Waals surface area contributed by atoms with E-state index >= 15 is 0 Å². The van der Waals surface area contributed by atoms with Crippen LogP contribution in [0, 0.1) is 13.8 Å². The number of benzene rings is 1. The molecule has 5 heteroatoms. The normalized spacial score (nSPS) is 18.2. The summed E-state index contributed by atoms with van der Waals surface area (Å²) in [5.41, 5.74) is 3.70. The average Bonchev–Trinajstić information content (AvgIpc) is 2.86. The third kappa shape index (κ3) is 2.55. The molecule has 0 bridgehead atoms. The minimum Gasteiger partial charge on any atom is -0.508 e. The molecule has 1 atom stereocenters. The monoisotopic (exact) mass is 287 g/mol. The summed E-state index contributed by atoms with van der Waals surface area (Å²) in [5.74, 6) is 1.01. The molecule has 2 heterocycles. The van der Waals surface area contributed by atoms with Gasteiger partial charge in [-0.2, -0.15) is 0 Å². The molecular formula is C16H18FN3O. The summed E-state index contributed by atoms with van der Waals surface area (Å²) >= 11 is 0. The second-order valence-corrected chi connectivity index (χ2v) is 5.49. The number of phenols is 1. The van der Waals surface area contributed by atoms with Crippen LogP contribution >= 0.6 is 0 Å². The van der Waals surface area contributed by atoms with Gasteiger partial charge in [0.1, 0.15) is 24.1 Å². The second kappa shape index (κ2) is 5.31. The standard InChI is InChI=1S/C16H18FN3O/c1-10-7-13(21)3-4-14(10)15-11(2)18-9-19-16(15)20-6-5-12(17)8-20/h3-4,7,9,12,21H,5-6,8H2,1-2H3. The molecule has 2 aromatic rings. The second-order valence-electron chi connectivity index (χ2n) is 5.49. The summed E-state index contributed by atoms with van der Waals surface area (Å²) in [5, 5.41) is 9.58. The summed E-state index contributed by atoms with van der Waals surface area (Å²) in [6.07, 6.45) is 1.26. The van der Waals surface area contributed by atoms with Gasteiger partial charge in [-0.3, -0.25) is 0 Å². The van der Waals surface area contributed by atoms with Crippen molar-refractivity contribution in [3.63, 3.8) is 0 Å². The van der Waals surface area contributed by atoms with Crippen LogP contribution < -0.4 is 4.90 Å². The summed E-state index contributed by atoms with van der Waals surface area (Å²) in [6, 6.07) is 5.23. The number of aryl methyl sites for hydroxylation is 2. The lowest BCUT2D eigenvalue weighted by Crippen LogP contribution is -2.22. The molecule has 1 fully saturated rings. The van der Waals surface area contributed by atoms with E-state index in [4.69, 9.17) is 0 Å². The fraction of sp³-hybridized carbons (Fsp3) is 0.375. The number of nitrogens with zero attached hydrogens (tertiary/aromatic N) is 3. The van der Waals surface area contributed by atoms with Gasteiger partial charge in [-0.05, 0) is 43.5 Å². The maximum Gasteiger partial charge on any atom is 0.140 e. The lowest BCUT2D eigenvalue weighted by Gasteiger charge is -2.21. The summed E-state index contributed by atoms with van der Waals surface area (Å²) < 4.78 is 13.5. The van der Waals surface area contributed by atoms with Gasteiger partial charge in [0.05, 0.1) is 12.2 Å². The number of aromatic hydroxyl groups is 1. The molecule has 21 heavy (non-hydrogen) atoms. The molecule has 0 saturated carbocycles. The van der Waals surface area contributed by atoms with Gasteiger partial charge < -0.3 is 10.0 Å². The van der Waals surface area contributed by atoms with Crippen LogP contribution in [0.5, 0.6) is 5.75 Å². The topological polar surface area (TPSA) is 49.3 Å². The van der Waals surface area contributed by atoms with E-state index < -0.39 is 6.17 Å². The van der Waals surface area contributed by atoms with E-state index in [0.717, 1.165) is 28.2 Å². The smallest absolute Gasteiger partial charge is 0.140 e. The Morgan fingerprint density at radius 3 is 2.76 bits per heavy atom. The number of rotatable bonds is 2. The fourth-order valence-electron chi connectivity index (χ4n) is 2.85. The summed E-state index contributed by atoms with van der Waals surface area (Å²) in [4.78, 5) is 10.6.